The number of hydrogen-bond acceptors (Lipinski definition) is 6. The van der Waals surface area contributed by atoms with Crippen LogP contribution in [0.25, 0.3) is 20.9 Å². The first-order valence-electron chi connectivity index (χ1n) is 3.49. The maximum atomic E-state index is 11.1. The molecule has 0 aliphatic heterocycles. The quantitative estimate of drug-likeness (QED) is 0.267. The molecule has 0 aliphatic carbocycles. The summed E-state index contributed by atoms with van der Waals surface area (Å²) in [5, 5.41) is 21.1. The minimum Gasteiger partial charge on any atom is -0.358 e. The van der Waals surface area contributed by atoms with Crippen LogP contribution in [0.2, 0.25) is 0 Å². The average molecular weight is 223 g/mol. The molecule has 0 unspecified atom stereocenters. The van der Waals surface area contributed by atoms with Gasteiger partial charge in [0.05, 0.1) is 5.10 Å². The van der Waals surface area contributed by atoms with Gasteiger partial charge in [-0.1, -0.05) is 10.2 Å². The molecule has 0 fully saturated rings. The van der Waals surface area contributed by atoms with Crippen LogP contribution in [0.1, 0.15) is 0 Å². The van der Waals surface area contributed by atoms with Gasteiger partial charge in [-0.3, -0.25) is 4.79 Å². The van der Waals surface area contributed by atoms with Gasteiger partial charge in [-0.2, -0.15) is 0 Å². The fourth-order valence-corrected chi connectivity index (χ4v) is 0.825. The van der Waals surface area contributed by atoms with Crippen LogP contribution >= 0.6 is 0 Å². The second kappa shape index (κ2) is 4.41. The van der Waals surface area contributed by atoms with Crippen molar-refractivity contribution in [2.45, 2.75) is 0 Å². The van der Waals surface area contributed by atoms with Crippen molar-refractivity contribution in [3.05, 3.63) is 41.4 Å². The van der Waals surface area contributed by atoms with Crippen molar-refractivity contribution >= 4 is 17.2 Å². The van der Waals surface area contributed by atoms with Crippen LogP contribution in [0, 0.1) is 10.1 Å². The molecule has 0 spiro atoms. The summed E-state index contributed by atoms with van der Waals surface area (Å²) in [5.41, 5.74) is 13.9. The zero-order chi connectivity index (χ0) is 12.1. The molecule has 1 rings (SSSR count). The highest BCUT2D eigenvalue weighted by molar-refractivity contribution is 5.68. The summed E-state index contributed by atoms with van der Waals surface area (Å²) in [6.45, 7) is 0. The summed E-state index contributed by atoms with van der Waals surface area (Å²) in [4.78, 5) is 25.1. The van der Waals surface area contributed by atoms with Gasteiger partial charge in [-0.25, -0.2) is 0 Å². The summed E-state index contributed by atoms with van der Waals surface area (Å²) in [6, 6.07) is 0. The van der Waals surface area contributed by atoms with E-state index in [0.29, 0.717) is 0 Å². The summed E-state index contributed by atoms with van der Waals surface area (Å²) < 4.78 is 0. The van der Waals surface area contributed by atoms with Crippen molar-refractivity contribution in [1.29, 1.82) is 0 Å². The summed E-state index contributed by atoms with van der Waals surface area (Å²) in [6.07, 6.45) is 0. The number of azide groups is 2. The van der Waals surface area contributed by atoms with Crippen molar-refractivity contribution in [2.75, 3.05) is 0 Å². The molecule has 16 heavy (non-hydrogen) atoms. The van der Waals surface area contributed by atoms with Crippen LogP contribution < -0.4 is 5.56 Å². The van der Waals surface area contributed by atoms with Crippen molar-refractivity contribution in [1.82, 2.24) is 10.2 Å². The largest absolute Gasteiger partial charge is 0.398 e. The lowest BCUT2D eigenvalue weighted by Gasteiger charge is -1.96. The molecule has 1 aromatic heterocycles. The number of aromatic amines is 1. The Balaban J connectivity index is 3.75. The van der Waals surface area contributed by atoms with E-state index < -0.39 is 27.7 Å². The van der Waals surface area contributed by atoms with E-state index in [1.165, 1.54) is 0 Å². The van der Waals surface area contributed by atoms with E-state index in [4.69, 9.17) is 11.1 Å². The van der Waals surface area contributed by atoms with Gasteiger partial charge in [0.25, 0.3) is 5.56 Å². The lowest BCUT2D eigenvalue weighted by atomic mass is 10.4. The van der Waals surface area contributed by atoms with Gasteiger partial charge in [0.1, 0.15) is 5.69 Å². The third-order valence-corrected chi connectivity index (χ3v) is 1.38. The van der Waals surface area contributed by atoms with Crippen molar-refractivity contribution in [3.8, 4) is 0 Å². The Morgan fingerprint density at radius 1 is 1.31 bits per heavy atom. The molecule has 12 nitrogen and oxygen atoms in total. The molecule has 0 aromatic carbocycles. The molecule has 0 saturated heterocycles. The Labute approximate surface area is 84.9 Å². The molecule has 1 heterocycles. The van der Waals surface area contributed by atoms with Crippen LogP contribution in [-0.2, 0) is 0 Å². The normalized spacial score (nSPS) is 8.75. The van der Waals surface area contributed by atoms with E-state index in [9.17, 15) is 14.9 Å². The minimum absolute atomic E-state index is 0.706. The number of hydrogen-bond donors (Lipinski definition) is 1. The Morgan fingerprint density at radius 3 is 2.38 bits per heavy atom. The average Bonchev–Trinajstić information content (AvgIpc) is 2.23. The van der Waals surface area contributed by atoms with E-state index in [2.05, 4.69) is 25.2 Å². The first-order chi connectivity index (χ1) is 7.61. The minimum atomic E-state index is -0.995. The Bertz CT molecular complexity index is 589. The Morgan fingerprint density at radius 2 is 1.88 bits per heavy atom. The molecular formula is C4HN9O3. The number of nitrogens with one attached hydrogen (secondary N) is 1. The van der Waals surface area contributed by atoms with Crippen molar-refractivity contribution in [2.24, 2.45) is 10.2 Å². The van der Waals surface area contributed by atoms with Gasteiger partial charge in [0, 0.05) is 9.82 Å². The van der Waals surface area contributed by atoms with E-state index in [1.807, 2.05) is 0 Å². The molecule has 0 bridgehead atoms. The Kier molecular flexibility index (Phi) is 3.03. The molecule has 0 saturated carbocycles. The molecular weight excluding hydrogens is 222 g/mol. The van der Waals surface area contributed by atoms with Gasteiger partial charge in [0.2, 0.25) is 0 Å². The number of rotatable bonds is 3. The van der Waals surface area contributed by atoms with Crippen LogP contribution in [0.4, 0.5) is 17.2 Å². The molecule has 1 aromatic rings. The lowest BCUT2D eigenvalue weighted by molar-refractivity contribution is -0.389. The van der Waals surface area contributed by atoms with E-state index in [-0.39, 0.29) is 0 Å². The van der Waals surface area contributed by atoms with Gasteiger partial charge in [-0.05, 0) is 16.0 Å². The van der Waals surface area contributed by atoms with Crippen LogP contribution in [0.15, 0.2) is 15.0 Å². The molecule has 0 radical (unpaired) electrons. The van der Waals surface area contributed by atoms with E-state index >= 15 is 0 Å². The van der Waals surface area contributed by atoms with E-state index in [0.717, 1.165) is 0 Å². The van der Waals surface area contributed by atoms with Gasteiger partial charge >= 0.3 is 5.82 Å². The highest BCUT2D eigenvalue weighted by Gasteiger charge is 2.21. The maximum absolute atomic E-state index is 11.1. The molecule has 80 valence electrons. The third-order valence-electron chi connectivity index (χ3n) is 1.38. The second-order valence-corrected chi connectivity index (χ2v) is 2.21. The Hall–Kier alpha value is -3.10. The number of nitro groups is 1. The molecule has 1 N–H and O–H groups in total. The summed E-state index contributed by atoms with van der Waals surface area (Å²) >= 11 is 0. The topological polar surface area (TPSA) is 186 Å². The highest BCUT2D eigenvalue weighted by atomic mass is 16.6. The fourth-order valence-electron chi connectivity index (χ4n) is 0.825. The maximum Gasteiger partial charge on any atom is 0.398 e. The smallest absolute Gasteiger partial charge is 0.358 e. The number of H-pyrrole nitrogens is 1. The van der Waals surface area contributed by atoms with E-state index in [1.54, 1.807) is 5.10 Å². The van der Waals surface area contributed by atoms with Gasteiger partial charge < -0.3 is 10.1 Å². The third kappa shape index (κ3) is 1.87. The first kappa shape index (κ1) is 11.0. The lowest BCUT2D eigenvalue weighted by Crippen LogP contribution is -2.09. The first-order valence-corrected chi connectivity index (χ1v) is 3.49. The summed E-state index contributed by atoms with van der Waals surface area (Å²) in [5.74, 6) is -0.903. The van der Waals surface area contributed by atoms with Crippen LogP contribution in [-0.4, -0.2) is 15.1 Å². The van der Waals surface area contributed by atoms with Crippen molar-refractivity contribution in [3.63, 3.8) is 0 Å². The van der Waals surface area contributed by atoms with Gasteiger partial charge in [0.15, 0.2) is 5.69 Å². The van der Waals surface area contributed by atoms with Crippen molar-refractivity contribution < 1.29 is 4.92 Å². The number of aromatic nitrogens is 2. The molecule has 0 atom stereocenters. The van der Waals surface area contributed by atoms with Crippen LogP contribution in [0.3, 0.4) is 0 Å². The zero-order valence-corrected chi connectivity index (χ0v) is 7.30. The monoisotopic (exact) mass is 223 g/mol. The predicted octanol–water partition coefficient (Wildman–Crippen LogP) is 1.56. The molecule has 0 amide bonds. The second-order valence-electron chi connectivity index (χ2n) is 2.21. The zero-order valence-electron chi connectivity index (χ0n) is 7.30. The number of nitrogens with zero attached hydrogens (tertiary/aromatic N) is 8. The predicted molar refractivity (Wildman–Crippen MR) is 49.1 cm³/mol. The fraction of sp³-hybridized carbons (Fsp3) is 0. The molecule has 0 aliphatic rings. The SMILES string of the molecule is [N-]=[N+]=Nc1c([N+](=O)[O-])n[nH]c(=O)c1N=[N+]=[N-]. The summed E-state index contributed by atoms with van der Waals surface area (Å²) in [7, 11) is 0. The molecule has 12 heteroatoms. The standard InChI is InChI=1S/C4HN9O3/c5-11-7-1-2(8-12-6)4(14)10-9-3(1)13(15)16/h(H,10,14). The highest BCUT2D eigenvalue weighted by Crippen LogP contribution is 2.31. The van der Waals surface area contributed by atoms with Gasteiger partial charge in [-0.15, -0.1) is 5.10 Å². The van der Waals surface area contributed by atoms with Crippen LogP contribution in [0.5, 0.6) is 0 Å².